The summed E-state index contributed by atoms with van der Waals surface area (Å²) in [4.78, 5) is 26.9. The van der Waals surface area contributed by atoms with Gasteiger partial charge in [0.25, 0.3) is 0 Å². The van der Waals surface area contributed by atoms with Crippen LogP contribution in [0, 0.1) is 11.8 Å². The van der Waals surface area contributed by atoms with Gasteiger partial charge in [-0.1, -0.05) is 6.92 Å². The number of carbonyl (C=O) groups excluding carboxylic acids is 1. The van der Waals surface area contributed by atoms with Crippen molar-refractivity contribution < 1.29 is 14.7 Å². The molecular formula is C13H19NO3. The maximum atomic E-state index is 11.4. The van der Waals surface area contributed by atoms with Gasteiger partial charge in [0.05, 0.1) is 11.8 Å². The second kappa shape index (κ2) is 4.98. The molecule has 1 atom stereocenters. The van der Waals surface area contributed by atoms with Crippen molar-refractivity contribution in [3.63, 3.8) is 0 Å². The van der Waals surface area contributed by atoms with E-state index in [1.807, 2.05) is 6.92 Å². The highest BCUT2D eigenvalue weighted by Crippen LogP contribution is 2.28. The first-order valence-electron chi connectivity index (χ1n) is 6.40. The van der Waals surface area contributed by atoms with Crippen molar-refractivity contribution in [1.82, 2.24) is 0 Å². The summed E-state index contributed by atoms with van der Waals surface area (Å²) >= 11 is 0. The predicted octanol–water partition coefficient (Wildman–Crippen LogP) is 2.07. The molecule has 4 nitrogen and oxygen atoms in total. The third-order valence-corrected chi connectivity index (χ3v) is 4.00. The largest absolute Gasteiger partial charge is 0.481 e. The lowest BCUT2D eigenvalue weighted by atomic mass is 9.86. The van der Waals surface area contributed by atoms with Gasteiger partial charge >= 0.3 is 5.97 Å². The summed E-state index contributed by atoms with van der Waals surface area (Å²) in [6.07, 6.45) is 4.57. The molecule has 0 aromatic heterocycles. The van der Waals surface area contributed by atoms with Gasteiger partial charge in [-0.2, -0.15) is 0 Å². The van der Waals surface area contributed by atoms with Gasteiger partial charge in [0.15, 0.2) is 0 Å². The number of carbonyl (C=O) groups is 2. The molecule has 2 saturated carbocycles. The molecule has 0 aliphatic heterocycles. The van der Waals surface area contributed by atoms with Gasteiger partial charge in [-0.25, -0.2) is 0 Å². The van der Waals surface area contributed by atoms with Crippen molar-refractivity contribution in [3.05, 3.63) is 0 Å². The second-order valence-corrected chi connectivity index (χ2v) is 5.15. The van der Waals surface area contributed by atoms with Crippen molar-refractivity contribution in [2.45, 2.75) is 51.5 Å². The molecule has 0 amide bonds. The quantitative estimate of drug-likeness (QED) is 0.799. The maximum absolute atomic E-state index is 11.4. The van der Waals surface area contributed by atoms with E-state index in [0.717, 1.165) is 37.8 Å². The van der Waals surface area contributed by atoms with Crippen LogP contribution in [0.5, 0.6) is 0 Å². The lowest BCUT2D eigenvalue weighted by molar-refractivity contribution is -0.142. The van der Waals surface area contributed by atoms with E-state index >= 15 is 0 Å². The van der Waals surface area contributed by atoms with Gasteiger partial charge in [-0.3, -0.25) is 14.6 Å². The van der Waals surface area contributed by atoms with Crippen molar-refractivity contribution in [1.29, 1.82) is 0 Å². The maximum Gasteiger partial charge on any atom is 0.306 e. The molecule has 2 aliphatic carbocycles. The number of carboxylic acid groups (broad SMARTS) is 1. The third kappa shape index (κ3) is 2.73. The zero-order chi connectivity index (χ0) is 12.4. The fourth-order valence-corrected chi connectivity index (χ4v) is 2.73. The number of Topliss-reactive ketones (excluding diaryl/α,β-unsaturated/α-hetero) is 1. The lowest BCUT2D eigenvalue weighted by Gasteiger charge is -2.24. The summed E-state index contributed by atoms with van der Waals surface area (Å²) in [5, 5.41) is 8.91. The third-order valence-electron chi connectivity index (χ3n) is 4.00. The number of hydrogen-bond acceptors (Lipinski definition) is 3. The molecule has 0 aromatic rings. The fourth-order valence-electron chi connectivity index (χ4n) is 2.73. The topological polar surface area (TPSA) is 66.7 Å². The van der Waals surface area contributed by atoms with Crippen molar-refractivity contribution in [2.75, 3.05) is 0 Å². The molecule has 0 bridgehead atoms. The Labute approximate surface area is 101 Å². The number of aliphatic imine (C=N–C) groups is 1. The number of ketones is 1. The first-order chi connectivity index (χ1) is 8.08. The molecule has 0 heterocycles. The molecule has 2 rings (SSSR count). The van der Waals surface area contributed by atoms with Gasteiger partial charge < -0.3 is 5.11 Å². The Hall–Kier alpha value is -1.19. The first-order valence-corrected chi connectivity index (χ1v) is 6.40. The highest BCUT2D eigenvalue weighted by atomic mass is 16.4. The smallest absolute Gasteiger partial charge is 0.306 e. The van der Waals surface area contributed by atoms with Gasteiger partial charge in [0, 0.05) is 18.2 Å². The minimum atomic E-state index is -0.680. The zero-order valence-corrected chi connectivity index (χ0v) is 10.2. The molecule has 17 heavy (non-hydrogen) atoms. The Kier molecular flexibility index (Phi) is 3.60. The minimum absolute atomic E-state index is 0.00722. The summed E-state index contributed by atoms with van der Waals surface area (Å²) in [7, 11) is 0. The Bertz CT molecular complexity index is 354. The average Bonchev–Trinajstić information content (AvgIpc) is 2.62. The number of nitrogens with zero attached hydrogens (tertiary/aromatic N) is 1. The molecule has 0 aromatic carbocycles. The molecule has 2 aliphatic rings. The Morgan fingerprint density at radius 2 is 1.88 bits per heavy atom. The van der Waals surface area contributed by atoms with E-state index in [9.17, 15) is 9.59 Å². The van der Waals surface area contributed by atoms with Gasteiger partial charge in [-0.05, 0) is 32.1 Å². The van der Waals surface area contributed by atoms with E-state index in [0.29, 0.717) is 12.2 Å². The average molecular weight is 237 g/mol. The molecule has 94 valence electrons. The molecule has 0 saturated heterocycles. The summed E-state index contributed by atoms with van der Waals surface area (Å²) in [6, 6.07) is 0.244. The molecule has 0 radical (unpaired) electrons. The minimum Gasteiger partial charge on any atom is -0.481 e. The normalized spacial score (nSPS) is 36.4. The zero-order valence-electron chi connectivity index (χ0n) is 10.2. The van der Waals surface area contributed by atoms with Crippen LogP contribution in [0.15, 0.2) is 4.99 Å². The molecule has 2 fully saturated rings. The van der Waals surface area contributed by atoms with Crippen LogP contribution in [-0.2, 0) is 9.59 Å². The molecule has 1 N–H and O–H groups in total. The van der Waals surface area contributed by atoms with E-state index < -0.39 is 5.97 Å². The van der Waals surface area contributed by atoms with Crippen LogP contribution in [0.1, 0.15) is 45.4 Å². The number of hydrogen-bond donors (Lipinski definition) is 1. The van der Waals surface area contributed by atoms with Crippen LogP contribution in [0.25, 0.3) is 0 Å². The SMILES string of the molecule is CC1C(=O)CCC1=NC1CCC(C(=O)O)CC1. The number of rotatable bonds is 2. The number of aliphatic carboxylic acids is 1. The lowest BCUT2D eigenvalue weighted by Crippen LogP contribution is -2.24. The van der Waals surface area contributed by atoms with Gasteiger partial charge in [-0.15, -0.1) is 0 Å². The summed E-state index contributed by atoms with van der Waals surface area (Å²) < 4.78 is 0. The summed E-state index contributed by atoms with van der Waals surface area (Å²) in [5.41, 5.74) is 1.04. The van der Waals surface area contributed by atoms with Crippen molar-refractivity contribution in [3.8, 4) is 0 Å². The van der Waals surface area contributed by atoms with Gasteiger partial charge in [0.1, 0.15) is 5.78 Å². The van der Waals surface area contributed by atoms with E-state index in [1.54, 1.807) is 0 Å². The molecule has 1 unspecified atom stereocenters. The Morgan fingerprint density at radius 1 is 1.24 bits per heavy atom. The molecule has 4 heteroatoms. The first kappa shape index (κ1) is 12.3. The van der Waals surface area contributed by atoms with Crippen LogP contribution >= 0.6 is 0 Å². The van der Waals surface area contributed by atoms with Crippen LogP contribution in [0.2, 0.25) is 0 Å². The van der Waals surface area contributed by atoms with Gasteiger partial charge in [0.2, 0.25) is 0 Å². The summed E-state index contributed by atoms with van der Waals surface area (Å²) in [6.45, 7) is 1.93. The van der Waals surface area contributed by atoms with E-state index in [-0.39, 0.29) is 17.9 Å². The Balaban J connectivity index is 1.92. The van der Waals surface area contributed by atoms with Crippen LogP contribution in [-0.4, -0.2) is 28.6 Å². The van der Waals surface area contributed by atoms with Crippen LogP contribution in [0.3, 0.4) is 0 Å². The fraction of sp³-hybridized carbons (Fsp3) is 0.769. The van der Waals surface area contributed by atoms with Crippen molar-refractivity contribution >= 4 is 17.5 Å². The number of carboxylic acids is 1. The van der Waals surface area contributed by atoms with Crippen LogP contribution < -0.4 is 0 Å². The van der Waals surface area contributed by atoms with E-state index in [2.05, 4.69) is 4.99 Å². The highest BCUT2D eigenvalue weighted by molar-refractivity contribution is 6.10. The van der Waals surface area contributed by atoms with E-state index in [4.69, 9.17) is 5.11 Å². The summed E-state index contributed by atoms with van der Waals surface area (Å²) in [5.74, 6) is -0.579. The highest BCUT2D eigenvalue weighted by Gasteiger charge is 2.29. The van der Waals surface area contributed by atoms with Crippen molar-refractivity contribution in [2.24, 2.45) is 16.8 Å². The predicted molar refractivity (Wildman–Crippen MR) is 64.2 cm³/mol. The Morgan fingerprint density at radius 3 is 2.35 bits per heavy atom. The second-order valence-electron chi connectivity index (χ2n) is 5.15. The molecular weight excluding hydrogens is 218 g/mol. The van der Waals surface area contributed by atoms with Crippen LogP contribution in [0.4, 0.5) is 0 Å². The molecule has 0 spiro atoms. The monoisotopic (exact) mass is 237 g/mol. The standard InChI is InChI=1S/C13H19NO3/c1-8-11(6-7-12(8)15)14-10-4-2-9(3-5-10)13(16)17/h8-10H,2-7H2,1H3,(H,16,17). The van der Waals surface area contributed by atoms with E-state index in [1.165, 1.54) is 0 Å².